The van der Waals surface area contributed by atoms with Gasteiger partial charge in [0.15, 0.2) is 0 Å². The molecular formula is C15H15BrF3NO4. The maximum absolute atomic E-state index is 13.1. The first-order valence-corrected chi connectivity index (χ1v) is 7.67. The number of rotatable bonds is 6. The van der Waals surface area contributed by atoms with Gasteiger partial charge in [0, 0.05) is 4.47 Å². The van der Waals surface area contributed by atoms with Crippen LogP contribution in [0.1, 0.15) is 19.4 Å². The van der Waals surface area contributed by atoms with Gasteiger partial charge in [-0.05, 0) is 32.0 Å². The molecule has 24 heavy (non-hydrogen) atoms. The van der Waals surface area contributed by atoms with Gasteiger partial charge in [-0.2, -0.15) is 13.2 Å². The van der Waals surface area contributed by atoms with Crippen molar-refractivity contribution in [3.8, 4) is 0 Å². The summed E-state index contributed by atoms with van der Waals surface area (Å²) in [6, 6.07) is 3.35. The second kappa shape index (κ2) is 8.72. The number of hydrogen-bond donors (Lipinski definition) is 1. The normalized spacial score (nSPS) is 11.8. The van der Waals surface area contributed by atoms with E-state index in [1.807, 2.05) is 0 Å². The van der Waals surface area contributed by atoms with Gasteiger partial charge in [0.05, 0.1) is 30.5 Å². The minimum absolute atomic E-state index is 0.00680. The van der Waals surface area contributed by atoms with Crippen molar-refractivity contribution in [3.05, 3.63) is 40.0 Å². The molecule has 0 fully saturated rings. The molecule has 0 amide bonds. The molecule has 0 aliphatic carbocycles. The lowest BCUT2D eigenvalue weighted by molar-refractivity contribution is -0.141. The van der Waals surface area contributed by atoms with Crippen molar-refractivity contribution in [2.24, 2.45) is 0 Å². The van der Waals surface area contributed by atoms with Gasteiger partial charge in [-0.25, -0.2) is 9.59 Å². The van der Waals surface area contributed by atoms with Gasteiger partial charge in [0.1, 0.15) is 5.70 Å². The second-order valence-corrected chi connectivity index (χ2v) is 5.26. The van der Waals surface area contributed by atoms with Crippen molar-refractivity contribution >= 4 is 33.6 Å². The molecule has 0 saturated carbocycles. The molecular weight excluding hydrogens is 395 g/mol. The Hall–Kier alpha value is -2.03. The van der Waals surface area contributed by atoms with E-state index in [2.05, 4.69) is 26.0 Å². The summed E-state index contributed by atoms with van der Waals surface area (Å²) < 4.78 is 49.0. The van der Waals surface area contributed by atoms with Crippen LogP contribution >= 0.6 is 15.9 Å². The number of benzene rings is 1. The molecule has 0 unspecified atom stereocenters. The molecule has 0 bridgehead atoms. The van der Waals surface area contributed by atoms with Gasteiger partial charge in [0.2, 0.25) is 0 Å². The van der Waals surface area contributed by atoms with Crippen LogP contribution in [-0.2, 0) is 25.2 Å². The molecule has 1 aromatic rings. The zero-order chi connectivity index (χ0) is 18.3. The summed E-state index contributed by atoms with van der Waals surface area (Å²) in [5.74, 6) is -1.85. The lowest BCUT2D eigenvalue weighted by atomic mass is 10.1. The quantitative estimate of drug-likeness (QED) is 0.570. The van der Waals surface area contributed by atoms with Crippen LogP contribution in [-0.4, -0.2) is 25.2 Å². The minimum atomic E-state index is -4.66. The molecule has 1 N–H and O–H groups in total. The number of carbonyl (C=O) groups excluding carboxylic acids is 2. The summed E-state index contributed by atoms with van der Waals surface area (Å²) >= 11 is 2.96. The monoisotopic (exact) mass is 409 g/mol. The third-order valence-electron chi connectivity index (χ3n) is 2.60. The third-order valence-corrected chi connectivity index (χ3v) is 3.09. The zero-order valence-corrected chi connectivity index (χ0v) is 14.5. The van der Waals surface area contributed by atoms with Crippen LogP contribution in [0.4, 0.5) is 18.9 Å². The number of esters is 2. The van der Waals surface area contributed by atoms with Crippen molar-refractivity contribution in [2.45, 2.75) is 20.0 Å². The van der Waals surface area contributed by atoms with E-state index in [1.165, 1.54) is 13.0 Å². The smallest absolute Gasteiger partial charge is 0.418 e. The molecule has 1 rings (SSSR count). The Morgan fingerprint density at radius 3 is 2.38 bits per heavy atom. The Kier molecular flexibility index (Phi) is 7.27. The summed E-state index contributed by atoms with van der Waals surface area (Å²) in [5.41, 5.74) is -1.85. The summed E-state index contributed by atoms with van der Waals surface area (Å²) in [7, 11) is 0. The first kappa shape index (κ1) is 20.0. The highest BCUT2D eigenvalue weighted by Gasteiger charge is 2.34. The van der Waals surface area contributed by atoms with Crippen LogP contribution in [0, 0.1) is 0 Å². The molecule has 0 aliphatic rings. The molecule has 9 heteroatoms. The Morgan fingerprint density at radius 1 is 1.21 bits per heavy atom. The van der Waals surface area contributed by atoms with Crippen molar-refractivity contribution in [2.75, 3.05) is 18.5 Å². The maximum atomic E-state index is 13.1. The van der Waals surface area contributed by atoms with Gasteiger partial charge in [-0.15, -0.1) is 0 Å². The SMILES string of the molecule is CCOC(=O)/C=C(\Nc1ccc(Br)cc1C(F)(F)F)C(=O)OCC. The van der Waals surface area contributed by atoms with E-state index in [4.69, 9.17) is 4.74 Å². The number of alkyl halides is 3. The van der Waals surface area contributed by atoms with Crippen LogP contribution in [0.3, 0.4) is 0 Å². The number of hydrogen-bond acceptors (Lipinski definition) is 5. The lowest BCUT2D eigenvalue weighted by Crippen LogP contribution is -2.19. The van der Waals surface area contributed by atoms with E-state index in [-0.39, 0.29) is 17.7 Å². The van der Waals surface area contributed by atoms with Gasteiger partial charge in [-0.3, -0.25) is 0 Å². The van der Waals surface area contributed by atoms with E-state index in [0.29, 0.717) is 0 Å². The number of halogens is 4. The van der Waals surface area contributed by atoms with Crippen LogP contribution in [0.15, 0.2) is 34.4 Å². The Morgan fingerprint density at radius 2 is 1.83 bits per heavy atom. The summed E-state index contributed by atoms with van der Waals surface area (Å²) in [5, 5.41) is 2.30. The van der Waals surface area contributed by atoms with Crippen molar-refractivity contribution in [1.82, 2.24) is 0 Å². The third kappa shape index (κ3) is 5.88. The molecule has 0 aromatic heterocycles. The fourth-order valence-electron chi connectivity index (χ4n) is 1.66. The highest BCUT2D eigenvalue weighted by Crippen LogP contribution is 2.37. The van der Waals surface area contributed by atoms with E-state index < -0.39 is 35.1 Å². The van der Waals surface area contributed by atoms with Crippen LogP contribution in [0.5, 0.6) is 0 Å². The van der Waals surface area contributed by atoms with Crippen LogP contribution < -0.4 is 5.32 Å². The Balaban J connectivity index is 3.24. The molecule has 5 nitrogen and oxygen atoms in total. The minimum Gasteiger partial charge on any atom is -0.463 e. The molecule has 0 saturated heterocycles. The van der Waals surface area contributed by atoms with E-state index in [0.717, 1.165) is 18.2 Å². The van der Waals surface area contributed by atoms with Crippen molar-refractivity contribution in [1.29, 1.82) is 0 Å². The van der Waals surface area contributed by atoms with Gasteiger partial charge < -0.3 is 14.8 Å². The van der Waals surface area contributed by atoms with E-state index in [9.17, 15) is 22.8 Å². The zero-order valence-electron chi connectivity index (χ0n) is 12.9. The topological polar surface area (TPSA) is 64.6 Å². The van der Waals surface area contributed by atoms with E-state index >= 15 is 0 Å². The molecule has 0 aliphatic heterocycles. The molecule has 0 atom stereocenters. The number of anilines is 1. The van der Waals surface area contributed by atoms with Crippen LogP contribution in [0.2, 0.25) is 0 Å². The maximum Gasteiger partial charge on any atom is 0.418 e. The fraction of sp³-hybridized carbons (Fsp3) is 0.333. The van der Waals surface area contributed by atoms with Crippen LogP contribution in [0.25, 0.3) is 0 Å². The molecule has 0 radical (unpaired) electrons. The largest absolute Gasteiger partial charge is 0.463 e. The first-order valence-electron chi connectivity index (χ1n) is 6.88. The van der Waals surface area contributed by atoms with Gasteiger partial charge >= 0.3 is 18.1 Å². The number of ether oxygens (including phenoxy) is 2. The summed E-state index contributed by atoms with van der Waals surface area (Å²) in [6.07, 6.45) is -3.90. The second-order valence-electron chi connectivity index (χ2n) is 4.34. The molecule has 132 valence electrons. The molecule has 1 aromatic carbocycles. The summed E-state index contributed by atoms with van der Waals surface area (Å²) in [6.45, 7) is 3.13. The predicted molar refractivity (Wildman–Crippen MR) is 84.1 cm³/mol. The van der Waals surface area contributed by atoms with Gasteiger partial charge in [-0.1, -0.05) is 15.9 Å². The first-order chi connectivity index (χ1) is 11.2. The lowest BCUT2D eigenvalue weighted by Gasteiger charge is -2.16. The highest BCUT2D eigenvalue weighted by molar-refractivity contribution is 9.10. The highest BCUT2D eigenvalue weighted by atomic mass is 79.9. The van der Waals surface area contributed by atoms with Crippen molar-refractivity contribution < 1.29 is 32.2 Å². The predicted octanol–water partition coefficient (Wildman–Crippen LogP) is 3.89. The fourth-order valence-corrected chi connectivity index (χ4v) is 2.02. The van der Waals surface area contributed by atoms with E-state index in [1.54, 1.807) is 6.92 Å². The average molecular weight is 410 g/mol. The Labute approximate surface area is 144 Å². The standard InChI is InChI=1S/C15H15BrF3NO4/c1-3-23-13(21)8-12(14(22)24-4-2)20-11-6-5-9(16)7-10(11)15(17,18)19/h5-8,20H,3-4H2,1-2H3/b12-8-. The number of nitrogens with one attached hydrogen (secondary N) is 1. The number of carbonyl (C=O) groups is 2. The summed E-state index contributed by atoms with van der Waals surface area (Å²) in [4.78, 5) is 23.4. The Bertz CT molecular complexity index is 644. The average Bonchev–Trinajstić information content (AvgIpc) is 2.47. The van der Waals surface area contributed by atoms with Gasteiger partial charge in [0.25, 0.3) is 0 Å². The van der Waals surface area contributed by atoms with Crippen molar-refractivity contribution in [3.63, 3.8) is 0 Å². The molecule has 0 heterocycles. The molecule has 0 spiro atoms.